The van der Waals surface area contributed by atoms with Gasteiger partial charge < -0.3 is 14.4 Å². The molecule has 3 rings (SSSR count). The van der Waals surface area contributed by atoms with E-state index in [0.717, 1.165) is 31.6 Å². The van der Waals surface area contributed by atoms with Gasteiger partial charge in [-0.2, -0.15) is 0 Å². The minimum Gasteiger partial charge on any atom is -0.497 e. The average molecular weight is 376 g/mol. The number of ether oxygens (including phenoxy) is 2. The van der Waals surface area contributed by atoms with Crippen LogP contribution < -0.4 is 19.1 Å². The van der Waals surface area contributed by atoms with E-state index in [4.69, 9.17) is 9.47 Å². The van der Waals surface area contributed by atoms with E-state index >= 15 is 0 Å². The Hall–Kier alpha value is -2.41. The van der Waals surface area contributed by atoms with Crippen LogP contribution in [-0.4, -0.2) is 35.7 Å². The number of sulfonamides is 1. The Balaban J connectivity index is 1.88. The van der Waals surface area contributed by atoms with Crippen LogP contribution in [0.15, 0.2) is 47.4 Å². The molecule has 0 bridgehead atoms. The Kier molecular flexibility index (Phi) is 5.56. The first-order valence-corrected chi connectivity index (χ1v) is 10.1. The number of nitrogens with zero attached hydrogens (tertiary/aromatic N) is 1. The van der Waals surface area contributed by atoms with Crippen LogP contribution in [0.5, 0.6) is 11.5 Å². The monoisotopic (exact) mass is 376 g/mol. The maximum Gasteiger partial charge on any atom is 0.265 e. The highest BCUT2D eigenvalue weighted by Crippen LogP contribution is 2.30. The van der Waals surface area contributed by atoms with Crippen LogP contribution in [0.3, 0.4) is 0 Å². The van der Waals surface area contributed by atoms with Crippen molar-refractivity contribution in [3.05, 3.63) is 42.5 Å². The third kappa shape index (κ3) is 4.04. The third-order valence-electron chi connectivity index (χ3n) is 4.48. The molecule has 1 heterocycles. The molecule has 0 spiro atoms. The van der Waals surface area contributed by atoms with Crippen LogP contribution in [0.1, 0.15) is 19.3 Å². The molecule has 26 heavy (non-hydrogen) atoms. The van der Waals surface area contributed by atoms with Gasteiger partial charge in [0, 0.05) is 24.8 Å². The van der Waals surface area contributed by atoms with Gasteiger partial charge in [-0.3, -0.25) is 4.72 Å². The highest BCUT2D eigenvalue weighted by atomic mass is 32.2. The molecule has 140 valence electrons. The van der Waals surface area contributed by atoms with E-state index in [1.54, 1.807) is 18.2 Å². The van der Waals surface area contributed by atoms with E-state index in [0.29, 0.717) is 11.4 Å². The molecule has 1 saturated heterocycles. The lowest BCUT2D eigenvalue weighted by molar-refractivity contribution is 0.392. The summed E-state index contributed by atoms with van der Waals surface area (Å²) in [5.74, 6) is 0.721. The van der Waals surface area contributed by atoms with Crippen molar-refractivity contribution in [3.8, 4) is 11.5 Å². The summed E-state index contributed by atoms with van der Waals surface area (Å²) in [7, 11) is -0.874. The number of benzene rings is 2. The predicted molar refractivity (Wildman–Crippen MR) is 103 cm³/mol. The first kappa shape index (κ1) is 18.4. The summed E-state index contributed by atoms with van der Waals surface area (Å²) in [6.07, 6.45) is 3.58. The Morgan fingerprint density at radius 1 is 0.962 bits per heavy atom. The summed E-state index contributed by atoms with van der Waals surface area (Å²) in [5, 5.41) is 0. The minimum absolute atomic E-state index is 0.0442. The smallest absolute Gasteiger partial charge is 0.265 e. The standard InChI is InChI=1S/C19H24N2O4S/c1-24-17-9-10-18(25-2)19(14-17)26(22,23)20-15-7-6-8-16(13-15)21-11-4-3-5-12-21/h6-10,13-14,20H,3-5,11-12H2,1-2H3. The number of hydrogen-bond acceptors (Lipinski definition) is 5. The fraction of sp³-hybridized carbons (Fsp3) is 0.368. The van der Waals surface area contributed by atoms with Gasteiger partial charge in [0.15, 0.2) is 0 Å². The summed E-state index contributed by atoms with van der Waals surface area (Å²) in [4.78, 5) is 2.33. The predicted octanol–water partition coefficient (Wildman–Crippen LogP) is 3.49. The lowest BCUT2D eigenvalue weighted by Gasteiger charge is -2.29. The van der Waals surface area contributed by atoms with Gasteiger partial charge in [-0.15, -0.1) is 0 Å². The zero-order valence-electron chi connectivity index (χ0n) is 15.1. The summed E-state index contributed by atoms with van der Waals surface area (Å²) in [6, 6.07) is 12.2. The molecule has 0 radical (unpaired) electrons. The highest BCUT2D eigenvalue weighted by Gasteiger charge is 2.21. The molecule has 6 nitrogen and oxygen atoms in total. The Labute approximate surface area is 154 Å². The topological polar surface area (TPSA) is 67.9 Å². The molecule has 0 aromatic heterocycles. The molecule has 0 amide bonds. The van der Waals surface area contributed by atoms with Gasteiger partial charge >= 0.3 is 0 Å². The van der Waals surface area contributed by atoms with Gasteiger partial charge in [-0.25, -0.2) is 8.42 Å². The van der Waals surface area contributed by atoms with Crippen molar-refractivity contribution in [2.24, 2.45) is 0 Å². The van der Waals surface area contributed by atoms with Crippen LogP contribution >= 0.6 is 0 Å². The fourth-order valence-corrected chi connectivity index (χ4v) is 4.36. The summed E-state index contributed by atoms with van der Waals surface area (Å²) >= 11 is 0. The quantitative estimate of drug-likeness (QED) is 0.836. The minimum atomic E-state index is -3.81. The van der Waals surface area contributed by atoms with Crippen molar-refractivity contribution < 1.29 is 17.9 Å². The summed E-state index contributed by atoms with van der Waals surface area (Å²) < 4.78 is 38.8. The van der Waals surface area contributed by atoms with Gasteiger partial charge in [0.25, 0.3) is 10.0 Å². The van der Waals surface area contributed by atoms with Crippen molar-refractivity contribution in [2.45, 2.75) is 24.2 Å². The van der Waals surface area contributed by atoms with Crippen LogP contribution in [0.25, 0.3) is 0 Å². The van der Waals surface area contributed by atoms with Gasteiger partial charge in [0.05, 0.1) is 19.9 Å². The largest absolute Gasteiger partial charge is 0.497 e. The second-order valence-electron chi connectivity index (χ2n) is 6.22. The van der Waals surface area contributed by atoms with Crippen molar-refractivity contribution >= 4 is 21.4 Å². The molecule has 1 aliphatic rings. The lowest BCUT2D eigenvalue weighted by Crippen LogP contribution is -2.29. The number of rotatable bonds is 6. The van der Waals surface area contributed by atoms with E-state index in [2.05, 4.69) is 9.62 Å². The van der Waals surface area contributed by atoms with Gasteiger partial charge in [0.2, 0.25) is 0 Å². The number of piperidine rings is 1. The van der Waals surface area contributed by atoms with Crippen molar-refractivity contribution in [3.63, 3.8) is 0 Å². The van der Waals surface area contributed by atoms with E-state index in [1.807, 2.05) is 18.2 Å². The van der Waals surface area contributed by atoms with E-state index < -0.39 is 10.0 Å². The molecule has 1 aliphatic heterocycles. The molecular formula is C19H24N2O4S. The molecule has 0 unspecified atom stereocenters. The summed E-state index contributed by atoms with van der Waals surface area (Å²) in [5.41, 5.74) is 1.56. The van der Waals surface area contributed by atoms with Crippen LogP contribution in [-0.2, 0) is 10.0 Å². The zero-order valence-corrected chi connectivity index (χ0v) is 15.9. The highest BCUT2D eigenvalue weighted by molar-refractivity contribution is 7.92. The van der Waals surface area contributed by atoms with E-state index in [9.17, 15) is 8.42 Å². The van der Waals surface area contributed by atoms with Crippen molar-refractivity contribution in [2.75, 3.05) is 36.9 Å². The first-order valence-electron chi connectivity index (χ1n) is 8.63. The van der Waals surface area contributed by atoms with Gasteiger partial charge in [-0.1, -0.05) is 6.07 Å². The Bertz CT molecular complexity index is 862. The van der Waals surface area contributed by atoms with Gasteiger partial charge in [0.1, 0.15) is 16.4 Å². The number of nitrogens with one attached hydrogen (secondary N) is 1. The molecule has 2 aromatic carbocycles. The maximum absolute atomic E-state index is 12.9. The van der Waals surface area contributed by atoms with Crippen LogP contribution in [0, 0.1) is 0 Å². The van der Waals surface area contributed by atoms with E-state index in [-0.39, 0.29) is 10.6 Å². The molecule has 0 aliphatic carbocycles. The lowest BCUT2D eigenvalue weighted by atomic mass is 10.1. The normalized spacial score (nSPS) is 14.8. The molecule has 7 heteroatoms. The average Bonchev–Trinajstić information content (AvgIpc) is 2.68. The number of anilines is 2. The fourth-order valence-electron chi connectivity index (χ4n) is 3.12. The second-order valence-corrected chi connectivity index (χ2v) is 7.87. The number of hydrogen-bond donors (Lipinski definition) is 1. The van der Waals surface area contributed by atoms with Crippen molar-refractivity contribution in [1.29, 1.82) is 0 Å². The molecule has 0 atom stereocenters. The third-order valence-corrected chi connectivity index (χ3v) is 5.88. The number of methoxy groups -OCH3 is 2. The van der Waals surface area contributed by atoms with E-state index in [1.165, 1.54) is 26.7 Å². The van der Waals surface area contributed by atoms with Crippen LogP contribution in [0.4, 0.5) is 11.4 Å². The zero-order chi connectivity index (χ0) is 18.6. The van der Waals surface area contributed by atoms with Gasteiger partial charge in [-0.05, 0) is 49.6 Å². The first-order chi connectivity index (χ1) is 12.5. The molecule has 0 saturated carbocycles. The Morgan fingerprint density at radius 3 is 2.42 bits per heavy atom. The Morgan fingerprint density at radius 2 is 1.73 bits per heavy atom. The molecule has 2 aromatic rings. The van der Waals surface area contributed by atoms with Crippen molar-refractivity contribution in [1.82, 2.24) is 0 Å². The molecular weight excluding hydrogens is 352 g/mol. The SMILES string of the molecule is COc1ccc(OC)c(S(=O)(=O)Nc2cccc(N3CCCCC3)c2)c1. The molecule has 1 fully saturated rings. The maximum atomic E-state index is 12.9. The van der Waals surface area contributed by atoms with Crippen LogP contribution in [0.2, 0.25) is 0 Å². The molecule has 1 N–H and O–H groups in total. The summed E-state index contributed by atoms with van der Waals surface area (Å²) in [6.45, 7) is 2.00. The second kappa shape index (κ2) is 7.86.